The number of aliphatic hydroxyl groups excluding tert-OH is 1. The van der Waals surface area contributed by atoms with Gasteiger partial charge < -0.3 is 5.11 Å². The molecule has 1 aliphatic rings. The van der Waals surface area contributed by atoms with Crippen LogP contribution in [0.3, 0.4) is 0 Å². The van der Waals surface area contributed by atoms with E-state index in [0.717, 1.165) is 19.3 Å². The SMILES string of the molecule is CC(C)=CCCC1=C(CO)CCC1. The van der Waals surface area contributed by atoms with Crippen LogP contribution in [0.15, 0.2) is 22.8 Å². The largest absolute Gasteiger partial charge is 0.392 e. The first-order chi connectivity index (χ1) is 6.24. The van der Waals surface area contributed by atoms with Gasteiger partial charge in [0.2, 0.25) is 0 Å². The molecule has 0 saturated heterocycles. The highest BCUT2D eigenvalue weighted by Crippen LogP contribution is 2.28. The van der Waals surface area contributed by atoms with E-state index in [2.05, 4.69) is 19.9 Å². The van der Waals surface area contributed by atoms with Crippen LogP contribution in [-0.4, -0.2) is 11.7 Å². The molecule has 0 aromatic rings. The van der Waals surface area contributed by atoms with Crippen molar-refractivity contribution in [1.29, 1.82) is 0 Å². The van der Waals surface area contributed by atoms with E-state index in [1.54, 1.807) is 0 Å². The molecule has 13 heavy (non-hydrogen) atoms. The maximum Gasteiger partial charge on any atom is 0.0644 e. The zero-order chi connectivity index (χ0) is 9.68. The van der Waals surface area contributed by atoms with Gasteiger partial charge in [-0.1, -0.05) is 17.2 Å². The minimum atomic E-state index is 0.282. The fourth-order valence-corrected chi connectivity index (χ4v) is 1.90. The van der Waals surface area contributed by atoms with Crippen LogP contribution in [0.2, 0.25) is 0 Å². The Hall–Kier alpha value is -0.560. The van der Waals surface area contributed by atoms with Crippen molar-refractivity contribution in [2.75, 3.05) is 6.61 Å². The third-order valence-electron chi connectivity index (χ3n) is 2.65. The van der Waals surface area contributed by atoms with Crippen molar-refractivity contribution >= 4 is 0 Å². The van der Waals surface area contributed by atoms with Crippen molar-refractivity contribution < 1.29 is 5.11 Å². The van der Waals surface area contributed by atoms with Crippen molar-refractivity contribution in [3.63, 3.8) is 0 Å². The maximum absolute atomic E-state index is 9.07. The van der Waals surface area contributed by atoms with Gasteiger partial charge in [0.15, 0.2) is 0 Å². The molecule has 0 aromatic heterocycles. The number of allylic oxidation sites excluding steroid dienone is 3. The predicted octanol–water partition coefficient (Wildman–Crippen LogP) is 3.21. The number of aliphatic hydroxyl groups is 1. The van der Waals surface area contributed by atoms with Crippen molar-refractivity contribution in [2.24, 2.45) is 0 Å². The summed E-state index contributed by atoms with van der Waals surface area (Å²) in [5.74, 6) is 0. The Morgan fingerprint density at radius 1 is 1.31 bits per heavy atom. The Morgan fingerprint density at radius 3 is 2.62 bits per heavy atom. The molecule has 0 heterocycles. The van der Waals surface area contributed by atoms with E-state index in [0.29, 0.717) is 0 Å². The van der Waals surface area contributed by atoms with E-state index in [1.807, 2.05) is 0 Å². The second-order valence-electron chi connectivity index (χ2n) is 4.04. The van der Waals surface area contributed by atoms with Gasteiger partial charge in [-0.3, -0.25) is 0 Å². The fraction of sp³-hybridized carbons (Fsp3) is 0.667. The molecule has 1 nitrogen and oxygen atoms in total. The standard InChI is InChI=1S/C12H20O/c1-10(2)5-3-6-11-7-4-8-12(11)9-13/h5,13H,3-4,6-9H2,1-2H3. The molecule has 0 aliphatic heterocycles. The summed E-state index contributed by atoms with van der Waals surface area (Å²) in [6, 6.07) is 0. The van der Waals surface area contributed by atoms with Crippen molar-refractivity contribution in [1.82, 2.24) is 0 Å². The smallest absolute Gasteiger partial charge is 0.0644 e. The number of hydrogen-bond acceptors (Lipinski definition) is 1. The first-order valence-electron chi connectivity index (χ1n) is 5.18. The first-order valence-corrected chi connectivity index (χ1v) is 5.18. The van der Waals surface area contributed by atoms with Crippen LogP contribution in [-0.2, 0) is 0 Å². The predicted molar refractivity (Wildman–Crippen MR) is 56.6 cm³/mol. The van der Waals surface area contributed by atoms with Gasteiger partial charge in [-0.2, -0.15) is 0 Å². The molecule has 0 aromatic carbocycles. The molecular weight excluding hydrogens is 160 g/mol. The second kappa shape index (κ2) is 5.23. The first kappa shape index (κ1) is 10.5. The summed E-state index contributed by atoms with van der Waals surface area (Å²) in [7, 11) is 0. The van der Waals surface area contributed by atoms with Crippen LogP contribution in [0, 0.1) is 0 Å². The van der Waals surface area contributed by atoms with E-state index in [-0.39, 0.29) is 6.61 Å². The van der Waals surface area contributed by atoms with Gasteiger partial charge >= 0.3 is 0 Å². The average Bonchev–Trinajstić information content (AvgIpc) is 2.51. The lowest BCUT2D eigenvalue weighted by molar-refractivity contribution is 0.327. The summed E-state index contributed by atoms with van der Waals surface area (Å²) >= 11 is 0. The van der Waals surface area contributed by atoms with E-state index >= 15 is 0 Å². The Labute approximate surface area is 81.2 Å². The molecule has 0 spiro atoms. The minimum Gasteiger partial charge on any atom is -0.392 e. The van der Waals surface area contributed by atoms with Gasteiger partial charge in [0.25, 0.3) is 0 Å². The van der Waals surface area contributed by atoms with E-state index < -0.39 is 0 Å². The van der Waals surface area contributed by atoms with Crippen LogP contribution >= 0.6 is 0 Å². The Bertz CT molecular complexity index is 219. The molecule has 0 saturated carbocycles. The van der Waals surface area contributed by atoms with Gasteiger partial charge in [-0.15, -0.1) is 0 Å². The van der Waals surface area contributed by atoms with Crippen molar-refractivity contribution in [3.8, 4) is 0 Å². The van der Waals surface area contributed by atoms with Crippen LogP contribution in [0.5, 0.6) is 0 Å². The summed E-state index contributed by atoms with van der Waals surface area (Å²) in [6.45, 7) is 4.55. The Morgan fingerprint density at radius 2 is 2.00 bits per heavy atom. The quantitative estimate of drug-likeness (QED) is 0.659. The molecule has 1 N–H and O–H groups in total. The van der Waals surface area contributed by atoms with Gasteiger partial charge in [-0.05, 0) is 51.5 Å². The number of rotatable bonds is 4. The van der Waals surface area contributed by atoms with E-state index in [1.165, 1.54) is 29.6 Å². The molecule has 0 unspecified atom stereocenters. The molecule has 1 heteroatoms. The molecule has 0 fully saturated rings. The highest BCUT2D eigenvalue weighted by atomic mass is 16.3. The van der Waals surface area contributed by atoms with Crippen LogP contribution < -0.4 is 0 Å². The normalized spacial score (nSPS) is 16.5. The van der Waals surface area contributed by atoms with Gasteiger partial charge in [0, 0.05) is 0 Å². The average molecular weight is 180 g/mol. The highest BCUT2D eigenvalue weighted by molar-refractivity contribution is 5.20. The van der Waals surface area contributed by atoms with E-state index in [4.69, 9.17) is 5.11 Å². The lowest BCUT2D eigenvalue weighted by atomic mass is 10.1. The molecule has 0 amide bonds. The van der Waals surface area contributed by atoms with Crippen LogP contribution in [0.1, 0.15) is 46.0 Å². The number of hydrogen-bond donors (Lipinski definition) is 1. The summed E-state index contributed by atoms with van der Waals surface area (Å²) in [4.78, 5) is 0. The zero-order valence-electron chi connectivity index (χ0n) is 8.77. The molecular formula is C12H20O. The minimum absolute atomic E-state index is 0.282. The molecule has 74 valence electrons. The lowest BCUT2D eigenvalue weighted by Crippen LogP contribution is -1.89. The molecule has 1 aliphatic carbocycles. The van der Waals surface area contributed by atoms with Gasteiger partial charge in [0.1, 0.15) is 0 Å². The van der Waals surface area contributed by atoms with Crippen molar-refractivity contribution in [3.05, 3.63) is 22.8 Å². The topological polar surface area (TPSA) is 20.2 Å². The monoisotopic (exact) mass is 180 g/mol. The van der Waals surface area contributed by atoms with E-state index in [9.17, 15) is 0 Å². The third kappa shape index (κ3) is 3.35. The van der Waals surface area contributed by atoms with Crippen molar-refractivity contribution in [2.45, 2.75) is 46.0 Å². The molecule has 0 bridgehead atoms. The third-order valence-corrected chi connectivity index (χ3v) is 2.65. The summed E-state index contributed by atoms with van der Waals surface area (Å²) < 4.78 is 0. The Balaban J connectivity index is 2.39. The zero-order valence-corrected chi connectivity index (χ0v) is 8.77. The Kier molecular flexibility index (Phi) is 4.23. The highest BCUT2D eigenvalue weighted by Gasteiger charge is 2.12. The second-order valence-corrected chi connectivity index (χ2v) is 4.04. The summed E-state index contributed by atoms with van der Waals surface area (Å²) in [6.07, 6.45) is 8.16. The molecule has 0 atom stereocenters. The van der Waals surface area contributed by atoms with Gasteiger partial charge in [0.05, 0.1) is 6.61 Å². The molecule has 0 radical (unpaired) electrons. The lowest BCUT2D eigenvalue weighted by Gasteiger charge is -2.02. The van der Waals surface area contributed by atoms with Crippen LogP contribution in [0.4, 0.5) is 0 Å². The molecule has 1 rings (SSSR count). The van der Waals surface area contributed by atoms with Crippen LogP contribution in [0.25, 0.3) is 0 Å². The van der Waals surface area contributed by atoms with Gasteiger partial charge in [-0.25, -0.2) is 0 Å². The maximum atomic E-state index is 9.07. The summed E-state index contributed by atoms with van der Waals surface area (Å²) in [5.41, 5.74) is 4.21. The fourth-order valence-electron chi connectivity index (χ4n) is 1.90. The summed E-state index contributed by atoms with van der Waals surface area (Å²) in [5, 5.41) is 9.07.